The van der Waals surface area contributed by atoms with Gasteiger partial charge in [-0.05, 0) is 29.9 Å². The number of rotatable bonds is 5. The topological polar surface area (TPSA) is 49.3 Å². The Hall–Kier alpha value is -1.35. The highest BCUT2D eigenvalue weighted by atomic mass is 16.3. The zero-order valence-electron chi connectivity index (χ0n) is 12.4. The molecule has 0 saturated carbocycles. The van der Waals surface area contributed by atoms with Crippen molar-refractivity contribution in [1.82, 2.24) is 5.32 Å². The van der Waals surface area contributed by atoms with E-state index in [1.807, 2.05) is 31.2 Å². The second kappa shape index (κ2) is 6.71. The summed E-state index contributed by atoms with van der Waals surface area (Å²) in [5, 5.41) is 12.7. The molecule has 1 aromatic rings. The van der Waals surface area contributed by atoms with Gasteiger partial charge in [0, 0.05) is 12.1 Å². The van der Waals surface area contributed by atoms with Crippen LogP contribution in [-0.4, -0.2) is 23.7 Å². The van der Waals surface area contributed by atoms with Crippen LogP contribution in [0.3, 0.4) is 0 Å². The van der Waals surface area contributed by atoms with Gasteiger partial charge in [0.25, 0.3) is 5.91 Å². The number of hydrogen-bond acceptors (Lipinski definition) is 2. The second-order valence-corrected chi connectivity index (χ2v) is 6.14. The summed E-state index contributed by atoms with van der Waals surface area (Å²) >= 11 is 0. The largest absolute Gasteiger partial charge is 0.391 e. The van der Waals surface area contributed by atoms with Crippen molar-refractivity contribution in [3.05, 3.63) is 35.4 Å². The Balaban J connectivity index is 2.56. The molecule has 1 unspecified atom stereocenters. The van der Waals surface area contributed by atoms with Crippen molar-refractivity contribution in [2.24, 2.45) is 5.41 Å². The summed E-state index contributed by atoms with van der Waals surface area (Å²) < 4.78 is 0. The van der Waals surface area contributed by atoms with Crippen LogP contribution in [0.4, 0.5) is 0 Å². The zero-order valence-corrected chi connectivity index (χ0v) is 12.4. The maximum atomic E-state index is 12.1. The first-order chi connectivity index (χ1) is 8.83. The fraction of sp³-hybridized carbons (Fsp3) is 0.562. The Morgan fingerprint density at radius 3 is 2.53 bits per heavy atom. The van der Waals surface area contributed by atoms with Crippen LogP contribution >= 0.6 is 0 Å². The molecular formula is C16H25NO2. The number of aliphatic hydroxyl groups excluding tert-OH is 1. The number of carbonyl (C=O) groups excluding carboxylic acids is 1. The first kappa shape index (κ1) is 15.7. The van der Waals surface area contributed by atoms with E-state index in [1.165, 1.54) is 0 Å². The molecule has 1 rings (SSSR count). The summed E-state index contributed by atoms with van der Waals surface area (Å²) in [5.74, 6) is -0.106. The van der Waals surface area contributed by atoms with Crippen LogP contribution in [0.5, 0.6) is 0 Å². The Morgan fingerprint density at radius 2 is 1.95 bits per heavy atom. The maximum Gasteiger partial charge on any atom is 0.251 e. The molecule has 1 amide bonds. The SMILES string of the molecule is CCc1ccccc1C(=O)NCC(O)CC(C)(C)C. The molecule has 3 heteroatoms. The van der Waals surface area contributed by atoms with E-state index < -0.39 is 6.10 Å². The number of aryl methyl sites for hydroxylation is 1. The van der Waals surface area contributed by atoms with Crippen LogP contribution in [0.1, 0.15) is 50.0 Å². The molecule has 0 aliphatic rings. The minimum Gasteiger partial charge on any atom is -0.391 e. The van der Waals surface area contributed by atoms with Crippen molar-refractivity contribution in [3.63, 3.8) is 0 Å². The number of amides is 1. The van der Waals surface area contributed by atoms with Gasteiger partial charge in [0.05, 0.1) is 6.10 Å². The molecule has 0 fully saturated rings. The van der Waals surface area contributed by atoms with Crippen LogP contribution in [0, 0.1) is 5.41 Å². The lowest BCUT2D eigenvalue weighted by atomic mass is 9.89. The van der Waals surface area contributed by atoms with Crippen molar-refractivity contribution in [1.29, 1.82) is 0 Å². The predicted octanol–water partition coefficient (Wildman–Crippen LogP) is 2.78. The lowest BCUT2D eigenvalue weighted by molar-refractivity contribution is 0.0868. The highest BCUT2D eigenvalue weighted by Gasteiger charge is 2.18. The van der Waals surface area contributed by atoms with Gasteiger partial charge < -0.3 is 10.4 Å². The molecule has 106 valence electrons. The summed E-state index contributed by atoms with van der Waals surface area (Å²) in [5.41, 5.74) is 1.80. The molecule has 2 N–H and O–H groups in total. The number of carbonyl (C=O) groups is 1. The minimum atomic E-state index is -0.502. The molecule has 0 heterocycles. The summed E-state index contributed by atoms with van der Waals surface area (Å²) in [4.78, 5) is 12.1. The molecule has 19 heavy (non-hydrogen) atoms. The molecule has 1 aromatic carbocycles. The van der Waals surface area contributed by atoms with E-state index in [2.05, 4.69) is 26.1 Å². The quantitative estimate of drug-likeness (QED) is 0.858. The van der Waals surface area contributed by atoms with E-state index in [0.717, 1.165) is 12.0 Å². The second-order valence-electron chi connectivity index (χ2n) is 6.14. The maximum absolute atomic E-state index is 12.1. The molecule has 0 spiro atoms. The number of nitrogens with one attached hydrogen (secondary N) is 1. The van der Waals surface area contributed by atoms with E-state index >= 15 is 0 Å². The monoisotopic (exact) mass is 263 g/mol. The third-order valence-electron chi connectivity index (χ3n) is 2.99. The van der Waals surface area contributed by atoms with Gasteiger partial charge in [-0.1, -0.05) is 45.9 Å². The fourth-order valence-corrected chi connectivity index (χ4v) is 2.13. The van der Waals surface area contributed by atoms with Gasteiger partial charge >= 0.3 is 0 Å². The lowest BCUT2D eigenvalue weighted by Crippen LogP contribution is -2.34. The highest BCUT2D eigenvalue weighted by Crippen LogP contribution is 2.20. The van der Waals surface area contributed by atoms with Crippen LogP contribution in [0.15, 0.2) is 24.3 Å². The molecule has 0 saturated heterocycles. The Bertz CT molecular complexity index is 421. The third-order valence-corrected chi connectivity index (χ3v) is 2.99. The van der Waals surface area contributed by atoms with E-state index in [-0.39, 0.29) is 11.3 Å². The summed E-state index contributed by atoms with van der Waals surface area (Å²) in [6, 6.07) is 7.58. The van der Waals surface area contributed by atoms with Gasteiger partial charge in [0.15, 0.2) is 0 Å². The van der Waals surface area contributed by atoms with E-state index in [9.17, 15) is 9.90 Å². The zero-order chi connectivity index (χ0) is 14.5. The highest BCUT2D eigenvalue weighted by molar-refractivity contribution is 5.95. The van der Waals surface area contributed by atoms with Crippen molar-refractivity contribution in [3.8, 4) is 0 Å². The Morgan fingerprint density at radius 1 is 1.32 bits per heavy atom. The van der Waals surface area contributed by atoms with Gasteiger partial charge in [0.2, 0.25) is 0 Å². The van der Waals surface area contributed by atoms with Crippen molar-refractivity contribution < 1.29 is 9.90 Å². The summed E-state index contributed by atoms with van der Waals surface area (Å²) in [7, 11) is 0. The van der Waals surface area contributed by atoms with Crippen LogP contribution in [0.25, 0.3) is 0 Å². The number of aliphatic hydroxyl groups is 1. The summed E-state index contributed by atoms with van der Waals surface area (Å²) in [6.45, 7) is 8.55. The van der Waals surface area contributed by atoms with Gasteiger partial charge in [-0.2, -0.15) is 0 Å². The van der Waals surface area contributed by atoms with Gasteiger partial charge in [-0.3, -0.25) is 4.79 Å². The first-order valence-electron chi connectivity index (χ1n) is 6.87. The van der Waals surface area contributed by atoms with Crippen LogP contribution < -0.4 is 5.32 Å². The normalized spacial score (nSPS) is 13.1. The summed E-state index contributed by atoms with van der Waals surface area (Å²) in [6.07, 6.45) is 0.995. The molecule has 1 atom stereocenters. The van der Waals surface area contributed by atoms with Gasteiger partial charge in [-0.25, -0.2) is 0 Å². The molecule has 3 nitrogen and oxygen atoms in total. The van der Waals surface area contributed by atoms with E-state index in [4.69, 9.17) is 0 Å². The van der Waals surface area contributed by atoms with Crippen LogP contribution in [-0.2, 0) is 6.42 Å². The Labute approximate surface area is 116 Å². The molecule has 0 bridgehead atoms. The average molecular weight is 263 g/mol. The molecule has 0 aliphatic heterocycles. The first-order valence-corrected chi connectivity index (χ1v) is 6.87. The number of hydrogen-bond donors (Lipinski definition) is 2. The standard InChI is InChI=1S/C16H25NO2/c1-5-12-8-6-7-9-14(12)15(19)17-11-13(18)10-16(2,3)4/h6-9,13,18H,5,10-11H2,1-4H3,(H,17,19). The van der Waals surface area contributed by atoms with Crippen molar-refractivity contribution >= 4 is 5.91 Å². The van der Waals surface area contributed by atoms with E-state index in [0.29, 0.717) is 18.5 Å². The third kappa shape index (κ3) is 5.43. The molecular weight excluding hydrogens is 238 g/mol. The van der Waals surface area contributed by atoms with Crippen LogP contribution in [0.2, 0.25) is 0 Å². The fourth-order valence-electron chi connectivity index (χ4n) is 2.13. The van der Waals surface area contributed by atoms with Gasteiger partial charge in [0.1, 0.15) is 0 Å². The number of benzene rings is 1. The molecule has 0 radical (unpaired) electrons. The molecule has 0 aliphatic carbocycles. The minimum absolute atomic E-state index is 0.0610. The Kier molecular flexibility index (Phi) is 5.55. The smallest absolute Gasteiger partial charge is 0.251 e. The molecule has 0 aromatic heterocycles. The van der Waals surface area contributed by atoms with E-state index in [1.54, 1.807) is 0 Å². The lowest BCUT2D eigenvalue weighted by Gasteiger charge is -2.22. The van der Waals surface area contributed by atoms with Gasteiger partial charge in [-0.15, -0.1) is 0 Å². The predicted molar refractivity (Wildman–Crippen MR) is 78.2 cm³/mol. The van der Waals surface area contributed by atoms with Crippen molar-refractivity contribution in [2.45, 2.75) is 46.6 Å². The average Bonchev–Trinajstić information content (AvgIpc) is 2.33. The van der Waals surface area contributed by atoms with Crippen molar-refractivity contribution in [2.75, 3.05) is 6.54 Å².